The van der Waals surface area contributed by atoms with Crippen molar-refractivity contribution in [2.75, 3.05) is 6.61 Å². The Hall–Kier alpha value is -2.03. The van der Waals surface area contributed by atoms with Gasteiger partial charge in [0.2, 0.25) is 0 Å². The van der Waals surface area contributed by atoms with Crippen molar-refractivity contribution in [2.45, 2.75) is 148 Å². The van der Waals surface area contributed by atoms with Gasteiger partial charge in [-0.15, -0.1) is 0 Å². The number of ether oxygens (including phenoxy) is 2. The van der Waals surface area contributed by atoms with Crippen LogP contribution in [0.15, 0.2) is 23.3 Å². The fourth-order valence-electron chi connectivity index (χ4n) is 8.95. The van der Waals surface area contributed by atoms with E-state index in [1.807, 2.05) is 27.7 Å². The first kappa shape index (κ1) is 34.8. The molecule has 0 saturated heterocycles. The van der Waals surface area contributed by atoms with Crippen LogP contribution in [-0.2, 0) is 23.9 Å². The number of ketones is 1. The van der Waals surface area contributed by atoms with Crippen molar-refractivity contribution in [1.29, 1.82) is 0 Å². The van der Waals surface area contributed by atoms with Crippen LogP contribution < -0.4 is 0 Å². The summed E-state index contributed by atoms with van der Waals surface area (Å²) in [6.07, 6.45) is 11.2. The van der Waals surface area contributed by atoms with Crippen molar-refractivity contribution in [3.05, 3.63) is 23.3 Å². The van der Waals surface area contributed by atoms with Gasteiger partial charge in [0.1, 0.15) is 30.0 Å². The molecule has 4 rings (SSSR count). The molecule has 0 aliphatic heterocycles. The molecule has 0 amide bonds. The Morgan fingerprint density at radius 1 is 0.909 bits per heavy atom. The quantitative estimate of drug-likeness (QED) is 0.120. The summed E-state index contributed by atoms with van der Waals surface area (Å²) in [6, 6.07) is 0. The number of esters is 2. The zero-order valence-electron chi connectivity index (χ0n) is 27.8. The number of unbranched alkanes of at least 4 members (excludes halogenated alkanes) is 8. The minimum Gasteiger partial charge on any atom is -0.461 e. The van der Waals surface area contributed by atoms with Gasteiger partial charge in [-0.2, -0.15) is 0 Å². The standard InChI is InChI=1S/C36H56O8/c1-7-9-11-12-13-14-16-18-28(38)44-35-21-24(4)34-20-23(3)30(39)36(34,42)31(40)25(22-43-27(37)17-15-10-8-2)19-26(32(34)41)29(35)33(35,5)6/h19-20,24,26,29-31,39-40,42H,7-18,21-22H2,1-6H3/t24?,26-,29+,30-,31+,34?,35-,36+/m0/s1. The lowest BCUT2D eigenvalue weighted by atomic mass is 9.59. The molecule has 0 heterocycles. The SMILES string of the molecule is CCCCCCCCCC(=O)O[C@@]12CC(C)C34C=C(C)[C@H](O)[C@@]3(O)[C@H](O)C(COC(=O)CCCCC)=C[C@H](C4=O)[C@@H]1C2(C)C. The highest BCUT2D eigenvalue weighted by Crippen LogP contribution is 2.75. The van der Waals surface area contributed by atoms with Crippen LogP contribution in [0.4, 0.5) is 0 Å². The lowest BCUT2D eigenvalue weighted by molar-refractivity contribution is -0.192. The number of Topliss-reactive ketones (excluding diaryl/α,β-unsaturated/α-hetero) is 1. The number of carbonyl (C=O) groups excluding carboxylic acids is 3. The molecule has 0 radical (unpaired) electrons. The summed E-state index contributed by atoms with van der Waals surface area (Å²) in [6.45, 7) is 11.4. The van der Waals surface area contributed by atoms with Crippen molar-refractivity contribution < 1.29 is 39.2 Å². The van der Waals surface area contributed by atoms with Gasteiger partial charge in [0.05, 0.1) is 5.41 Å². The number of carbonyl (C=O) groups is 3. The van der Waals surface area contributed by atoms with Gasteiger partial charge in [-0.05, 0) is 43.3 Å². The molecule has 248 valence electrons. The summed E-state index contributed by atoms with van der Waals surface area (Å²) in [7, 11) is 0. The second-order valence-electron chi connectivity index (χ2n) is 14.7. The third kappa shape index (κ3) is 5.62. The van der Waals surface area contributed by atoms with E-state index in [1.54, 1.807) is 19.1 Å². The van der Waals surface area contributed by atoms with Crippen LogP contribution in [0.3, 0.4) is 0 Å². The maximum Gasteiger partial charge on any atom is 0.306 e. The molecule has 2 unspecified atom stereocenters. The van der Waals surface area contributed by atoms with E-state index in [-0.39, 0.29) is 30.4 Å². The van der Waals surface area contributed by atoms with Crippen LogP contribution in [0, 0.1) is 28.6 Å². The molecule has 3 N–H and O–H groups in total. The van der Waals surface area contributed by atoms with Crippen molar-refractivity contribution in [3.8, 4) is 0 Å². The second-order valence-corrected chi connectivity index (χ2v) is 14.7. The predicted molar refractivity (Wildman–Crippen MR) is 167 cm³/mol. The average Bonchev–Trinajstić information content (AvgIpc) is 3.38. The molecule has 2 saturated carbocycles. The Morgan fingerprint density at radius 2 is 1.48 bits per heavy atom. The smallest absolute Gasteiger partial charge is 0.306 e. The predicted octanol–water partition coefficient (Wildman–Crippen LogP) is 5.75. The Kier molecular flexibility index (Phi) is 10.6. The van der Waals surface area contributed by atoms with Crippen molar-refractivity contribution in [2.24, 2.45) is 28.6 Å². The van der Waals surface area contributed by atoms with E-state index in [2.05, 4.69) is 6.92 Å². The van der Waals surface area contributed by atoms with E-state index >= 15 is 0 Å². The van der Waals surface area contributed by atoms with Gasteiger partial charge in [-0.25, -0.2) is 0 Å². The Balaban J connectivity index is 1.63. The Bertz CT molecular complexity index is 1150. The van der Waals surface area contributed by atoms with E-state index in [4.69, 9.17) is 9.47 Å². The van der Waals surface area contributed by atoms with E-state index in [1.165, 1.54) is 25.7 Å². The van der Waals surface area contributed by atoms with Crippen LogP contribution in [0.5, 0.6) is 0 Å². The lowest BCUT2D eigenvalue weighted by Gasteiger charge is -2.48. The summed E-state index contributed by atoms with van der Waals surface area (Å²) >= 11 is 0. The minimum absolute atomic E-state index is 0.193. The van der Waals surface area contributed by atoms with Crippen molar-refractivity contribution >= 4 is 17.7 Å². The molecule has 4 aliphatic carbocycles. The third-order valence-corrected chi connectivity index (χ3v) is 11.5. The van der Waals surface area contributed by atoms with Crippen LogP contribution in [0.2, 0.25) is 0 Å². The van der Waals surface area contributed by atoms with E-state index < -0.39 is 58.0 Å². The average molecular weight is 617 g/mol. The molecule has 2 bridgehead atoms. The summed E-state index contributed by atoms with van der Waals surface area (Å²) in [5.74, 6) is -2.76. The van der Waals surface area contributed by atoms with Gasteiger partial charge in [0, 0.05) is 30.1 Å². The molecule has 0 aromatic carbocycles. The molecule has 0 aromatic heterocycles. The monoisotopic (exact) mass is 616 g/mol. The van der Waals surface area contributed by atoms with Gasteiger partial charge >= 0.3 is 11.9 Å². The highest BCUT2D eigenvalue weighted by molar-refractivity contribution is 5.96. The fourth-order valence-corrected chi connectivity index (χ4v) is 8.95. The molecule has 1 spiro atoms. The molecule has 0 aromatic rings. The van der Waals surface area contributed by atoms with Gasteiger partial charge in [-0.3, -0.25) is 14.4 Å². The van der Waals surface area contributed by atoms with Gasteiger partial charge in [0.25, 0.3) is 0 Å². The Morgan fingerprint density at radius 3 is 2.14 bits per heavy atom. The normalized spacial score (nSPS) is 36.8. The molecule has 4 aliphatic rings. The lowest BCUT2D eigenvalue weighted by Crippen LogP contribution is -2.65. The van der Waals surface area contributed by atoms with Gasteiger partial charge < -0.3 is 24.8 Å². The topological polar surface area (TPSA) is 130 Å². The molecular weight excluding hydrogens is 560 g/mol. The maximum absolute atomic E-state index is 14.7. The largest absolute Gasteiger partial charge is 0.461 e. The zero-order valence-corrected chi connectivity index (χ0v) is 27.8. The van der Waals surface area contributed by atoms with Gasteiger partial charge in [0.15, 0.2) is 5.78 Å². The van der Waals surface area contributed by atoms with Crippen LogP contribution >= 0.6 is 0 Å². The molecule has 8 heteroatoms. The second kappa shape index (κ2) is 13.4. The van der Waals surface area contributed by atoms with E-state index in [0.29, 0.717) is 24.8 Å². The van der Waals surface area contributed by atoms with Crippen LogP contribution in [0.25, 0.3) is 0 Å². The number of rotatable bonds is 15. The first-order valence-corrected chi connectivity index (χ1v) is 17.2. The molecule has 44 heavy (non-hydrogen) atoms. The summed E-state index contributed by atoms with van der Waals surface area (Å²) in [5.41, 5.74) is -4.74. The molecule has 8 atom stereocenters. The number of fused-ring (bicyclic) bond motifs is 3. The number of hydrogen-bond acceptors (Lipinski definition) is 8. The molecule has 2 fully saturated rings. The van der Waals surface area contributed by atoms with E-state index in [0.717, 1.165) is 32.1 Å². The number of allylic oxidation sites excluding steroid dienone is 1. The van der Waals surface area contributed by atoms with Crippen LogP contribution in [0.1, 0.15) is 125 Å². The zero-order chi connectivity index (χ0) is 32.5. The molecular formula is C36H56O8. The Labute approximate surface area is 263 Å². The molecule has 8 nitrogen and oxygen atoms in total. The third-order valence-electron chi connectivity index (χ3n) is 11.5. The van der Waals surface area contributed by atoms with Crippen LogP contribution in [-0.4, -0.2) is 63.1 Å². The highest BCUT2D eigenvalue weighted by atomic mass is 16.6. The van der Waals surface area contributed by atoms with Crippen molar-refractivity contribution in [3.63, 3.8) is 0 Å². The van der Waals surface area contributed by atoms with Crippen molar-refractivity contribution in [1.82, 2.24) is 0 Å². The number of aliphatic hydroxyl groups excluding tert-OH is 2. The highest BCUT2D eigenvalue weighted by Gasteiger charge is 2.83. The first-order valence-electron chi connectivity index (χ1n) is 17.2. The summed E-state index contributed by atoms with van der Waals surface area (Å²) in [5, 5.41) is 35.4. The summed E-state index contributed by atoms with van der Waals surface area (Å²) in [4.78, 5) is 40.5. The first-order chi connectivity index (χ1) is 20.8. The number of aliphatic hydroxyl groups is 3. The van der Waals surface area contributed by atoms with Gasteiger partial charge in [-0.1, -0.05) is 98.1 Å². The number of hydrogen-bond donors (Lipinski definition) is 3. The summed E-state index contributed by atoms with van der Waals surface area (Å²) < 4.78 is 11.9. The van der Waals surface area contributed by atoms with E-state index in [9.17, 15) is 29.7 Å². The minimum atomic E-state index is -2.26. The fraction of sp³-hybridized carbons (Fsp3) is 0.806. The maximum atomic E-state index is 14.7.